The van der Waals surface area contributed by atoms with E-state index in [1.807, 2.05) is 51.5 Å². The van der Waals surface area contributed by atoms with Gasteiger partial charge < -0.3 is 24.8 Å². The molecule has 2 heterocycles. The maximum atomic E-state index is 16.0. The second-order valence-electron chi connectivity index (χ2n) is 11.0. The van der Waals surface area contributed by atoms with Crippen LogP contribution in [0.5, 0.6) is 0 Å². The lowest BCUT2D eigenvalue weighted by atomic mass is 9.80. The van der Waals surface area contributed by atoms with Crippen molar-refractivity contribution in [2.24, 2.45) is 10.9 Å². The molecule has 4 atom stereocenters. The Hall–Kier alpha value is -3.39. The van der Waals surface area contributed by atoms with Gasteiger partial charge in [0.15, 0.2) is 5.78 Å². The molecule has 0 aromatic heterocycles. The van der Waals surface area contributed by atoms with E-state index in [9.17, 15) is 4.79 Å². The average molecular weight is 776 g/mol. The molecule has 274 valence electrons. The fraction of sp³-hybridized carbons (Fsp3) is 0.378. The number of rotatable bonds is 14. The van der Waals surface area contributed by atoms with Crippen LogP contribution in [-0.2, 0) is 23.7 Å². The third-order valence-electron chi connectivity index (χ3n) is 8.07. The van der Waals surface area contributed by atoms with Crippen molar-refractivity contribution in [3.63, 3.8) is 0 Å². The van der Waals surface area contributed by atoms with E-state index >= 15 is 4.79 Å². The zero-order valence-corrected chi connectivity index (χ0v) is 32.7. The number of amidine groups is 1. The van der Waals surface area contributed by atoms with Gasteiger partial charge >= 0.3 is 12.1 Å². The molecule has 2 aromatic rings. The molecule has 2 aliphatic rings. The summed E-state index contributed by atoms with van der Waals surface area (Å²) >= 11 is 15.6. The lowest BCUT2D eigenvalue weighted by Gasteiger charge is -2.40. The van der Waals surface area contributed by atoms with E-state index in [0.717, 1.165) is 0 Å². The molecule has 10 nitrogen and oxygen atoms in total. The Labute approximate surface area is 318 Å². The standard InChI is InChI=1S/C37H44Cl2N4O6S2/c1-7-46-34(50-5)27-19-21-42(36(41-40)48-9-3)31(23-11-15-25(38)16-12-23)29(27)33(44)30-28(35(51-6)47-8-2)20-22-43(37(45)49-10-4)32(30)24-13-17-26(39)18-14-24/h11-22,31-32,34-35H,7-10,40H2,1-6H3. The van der Waals surface area contributed by atoms with Gasteiger partial charge in [-0.05, 0) is 87.8 Å². The Morgan fingerprint density at radius 3 is 1.55 bits per heavy atom. The van der Waals surface area contributed by atoms with Crippen LogP contribution < -0.4 is 5.84 Å². The number of carbonyl (C=O) groups excluding carboxylic acids is 2. The number of nitrogens with zero attached hydrogens (tertiary/aromatic N) is 3. The third kappa shape index (κ3) is 9.16. The van der Waals surface area contributed by atoms with Crippen LogP contribution in [0, 0.1) is 0 Å². The van der Waals surface area contributed by atoms with Crippen molar-refractivity contribution in [3.8, 4) is 0 Å². The second-order valence-corrected chi connectivity index (χ2v) is 13.7. The molecule has 0 spiro atoms. The van der Waals surface area contributed by atoms with E-state index in [2.05, 4.69) is 5.10 Å². The second kappa shape index (κ2) is 19.4. The molecular formula is C37H44Cl2N4O6S2. The highest BCUT2D eigenvalue weighted by atomic mass is 35.5. The van der Waals surface area contributed by atoms with Crippen LogP contribution >= 0.6 is 46.7 Å². The SMILES string of the molecule is CCOC(=O)N1C=CC(C(OCC)SC)=C(C(=O)C2=C(C(OCC)SC)C=CN(C(=NN)OCC)C2c2ccc(Cl)cc2)C1c1ccc(Cl)cc1. The summed E-state index contributed by atoms with van der Waals surface area (Å²) in [5.41, 5.74) is 2.21. The number of hydrogen-bond donors (Lipinski definition) is 1. The van der Waals surface area contributed by atoms with Gasteiger partial charge in [0.25, 0.3) is 0 Å². The minimum absolute atomic E-state index is 0.103. The van der Waals surface area contributed by atoms with E-state index in [1.165, 1.54) is 28.4 Å². The van der Waals surface area contributed by atoms with Crippen molar-refractivity contribution in [1.82, 2.24) is 9.80 Å². The number of hydrogen-bond acceptors (Lipinski definition) is 10. The summed E-state index contributed by atoms with van der Waals surface area (Å²) in [5, 5.41) is 5.01. The first-order valence-corrected chi connectivity index (χ1v) is 19.8. The van der Waals surface area contributed by atoms with Gasteiger partial charge in [-0.3, -0.25) is 14.6 Å². The minimum atomic E-state index is -0.919. The minimum Gasteiger partial charge on any atom is -0.464 e. The molecule has 1 amide bonds. The number of ether oxygens (including phenoxy) is 4. The normalized spacial score (nSPS) is 19.0. The van der Waals surface area contributed by atoms with Gasteiger partial charge in [0, 0.05) is 58.0 Å². The van der Waals surface area contributed by atoms with Crippen LogP contribution in [0.1, 0.15) is 50.9 Å². The number of benzene rings is 2. The van der Waals surface area contributed by atoms with Gasteiger partial charge in [0.05, 0.1) is 25.3 Å². The predicted octanol–water partition coefficient (Wildman–Crippen LogP) is 8.47. The Morgan fingerprint density at radius 2 is 1.16 bits per heavy atom. The summed E-state index contributed by atoms with van der Waals surface area (Å²) in [6.45, 7) is 8.55. The Morgan fingerprint density at radius 1 is 0.725 bits per heavy atom. The Bertz CT molecular complexity index is 1680. The number of Topliss-reactive ketones (excluding diaryl/α,β-unsaturated/α-hetero) is 1. The van der Waals surface area contributed by atoms with Crippen molar-refractivity contribution in [2.45, 2.75) is 50.7 Å². The van der Waals surface area contributed by atoms with Crippen molar-refractivity contribution in [2.75, 3.05) is 38.9 Å². The van der Waals surface area contributed by atoms with E-state index < -0.39 is 29.0 Å². The molecule has 0 bridgehead atoms. The molecule has 2 aromatic carbocycles. The van der Waals surface area contributed by atoms with Gasteiger partial charge in [-0.25, -0.2) is 4.79 Å². The van der Waals surface area contributed by atoms with Gasteiger partial charge in [0.1, 0.15) is 10.9 Å². The van der Waals surface area contributed by atoms with Crippen LogP contribution in [0.25, 0.3) is 0 Å². The number of ketones is 1. The van der Waals surface area contributed by atoms with Gasteiger partial charge in [-0.2, -0.15) is 0 Å². The van der Waals surface area contributed by atoms with E-state index in [0.29, 0.717) is 56.7 Å². The summed E-state index contributed by atoms with van der Waals surface area (Å²) in [6.07, 6.45) is 10.2. The molecule has 0 saturated carbocycles. The molecule has 0 saturated heterocycles. The summed E-state index contributed by atoms with van der Waals surface area (Å²) < 4.78 is 23.9. The number of thioether (sulfide) groups is 2. The van der Waals surface area contributed by atoms with Crippen molar-refractivity contribution in [3.05, 3.63) is 117 Å². The van der Waals surface area contributed by atoms with Gasteiger partial charge in [-0.1, -0.05) is 47.5 Å². The zero-order chi connectivity index (χ0) is 37.1. The quantitative estimate of drug-likeness (QED) is 0.0659. The molecule has 4 unspecified atom stereocenters. The Kier molecular flexibility index (Phi) is 15.4. The maximum Gasteiger partial charge on any atom is 0.414 e. The van der Waals surface area contributed by atoms with Crippen molar-refractivity contribution < 1.29 is 28.5 Å². The summed E-state index contributed by atoms with van der Waals surface area (Å²) in [4.78, 5) is 32.8. The number of amides is 1. The van der Waals surface area contributed by atoms with E-state index in [4.69, 9.17) is 48.0 Å². The van der Waals surface area contributed by atoms with Gasteiger partial charge in [-0.15, -0.1) is 28.6 Å². The number of hydrazone groups is 1. The highest BCUT2D eigenvalue weighted by Crippen LogP contribution is 2.46. The maximum absolute atomic E-state index is 16.0. The number of nitrogens with two attached hydrogens (primary N) is 1. The van der Waals surface area contributed by atoms with Gasteiger partial charge in [0.2, 0.25) is 0 Å². The monoisotopic (exact) mass is 774 g/mol. The molecule has 2 aliphatic heterocycles. The first-order chi connectivity index (χ1) is 24.7. The number of halogens is 2. The van der Waals surface area contributed by atoms with Crippen LogP contribution in [0.4, 0.5) is 4.79 Å². The van der Waals surface area contributed by atoms with Crippen molar-refractivity contribution in [1.29, 1.82) is 0 Å². The van der Waals surface area contributed by atoms with Crippen molar-refractivity contribution >= 4 is 64.6 Å². The fourth-order valence-electron chi connectivity index (χ4n) is 6.00. The van der Waals surface area contributed by atoms with Crippen LogP contribution in [-0.4, -0.2) is 77.5 Å². The molecule has 0 fully saturated rings. The zero-order valence-electron chi connectivity index (χ0n) is 29.5. The first-order valence-electron chi connectivity index (χ1n) is 16.5. The Balaban J connectivity index is 2.14. The largest absolute Gasteiger partial charge is 0.464 e. The molecule has 14 heteroatoms. The molecule has 4 rings (SSSR count). The molecule has 0 aliphatic carbocycles. The average Bonchev–Trinajstić information content (AvgIpc) is 3.14. The summed E-state index contributed by atoms with van der Waals surface area (Å²) in [6, 6.07) is 12.7. The molecule has 2 N–H and O–H groups in total. The topological polar surface area (TPSA) is 116 Å². The highest BCUT2D eigenvalue weighted by molar-refractivity contribution is 7.99. The molecule has 0 radical (unpaired) electrons. The number of carbonyl (C=O) groups is 2. The summed E-state index contributed by atoms with van der Waals surface area (Å²) in [7, 11) is 0. The third-order valence-corrected chi connectivity index (χ3v) is 10.2. The van der Waals surface area contributed by atoms with Crippen LogP contribution in [0.15, 0.2) is 100 Å². The summed E-state index contributed by atoms with van der Waals surface area (Å²) in [5.74, 6) is 5.57. The van der Waals surface area contributed by atoms with Crippen LogP contribution in [0.2, 0.25) is 10.0 Å². The van der Waals surface area contributed by atoms with E-state index in [1.54, 1.807) is 66.7 Å². The van der Waals surface area contributed by atoms with E-state index in [-0.39, 0.29) is 25.0 Å². The highest BCUT2D eigenvalue weighted by Gasteiger charge is 2.44. The molecule has 51 heavy (non-hydrogen) atoms. The lowest BCUT2D eigenvalue weighted by molar-refractivity contribution is -0.113. The lowest BCUT2D eigenvalue weighted by Crippen LogP contribution is -2.42. The molecular weight excluding hydrogens is 731 g/mol. The predicted molar refractivity (Wildman–Crippen MR) is 208 cm³/mol. The van der Waals surface area contributed by atoms with Crippen LogP contribution in [0.3, 0.4) is 0 Å². The first kappa shape index (κ1) is 40.4. The fourth-order valence-corrected chi connectivity index (χ4v) is 7.71. The smallest absolute Gasteiger partial charge is 0.414 e.